The molecule has 0 aliphatic carbocycles. The fraction of sp³-hybridized carbons (Fsp3) is 0.333. The third-order valence-corrected chi connectivity index (χ3v) is 3.72. The van der Waals surface area contributed by atoms with E-state index in [0.717, 1.165) is 0 Å². The molecule has 2 aromatic rings. The zero-order chi connectivity index (χ0) is 13.7. The van der Waals surface area contributed by atoms with E-state index < -0.39 is 6.10 Å². The highest BCUT2D eigenvalue weighted by Gasteiger charge is 2.12. The highest BCUT2D eigenvalue weighted by Crippen LogP contribution is 2.26. The summed E-state index contributed by atoms with van der Waals surface area (Å²) < 4.78 is 5.49. The first-order valence-electron chi connectivity index (χ1n) is 5.64. The molecule has 5 nitrogen and oxygen atoms in total. The van der Waals surface area contributed by atoms with Gasteiger partial charge in [-0.15, -0.1) is 22.0 Å². The smallest absolute Gasteiger partial charge is 0.249 e. The summed E-state index contributed by atoms with van der Waals surface area (Å²) in [4.78, 5) is 0. The van der Waals surface area contributed by atoms with Crippen LogP contribution in [0.5, 0.6) is 0 Å². The summed E-state index contributed by atoms with van der Waals surface area (Å²) >= 11 is 7.45. The van der Waals surface area contributed by atoms with Gasteiger partial charge in [-0.3, -0.25) is 0 Å². The van der Waals surface area contributed by atoms with Crippen molar-refractivity contribution < 1.29 is 14.6 Å². The van der Waals surface area contributed by atoms with Crippen LogP contribution in [0, 0.1) is 0 Å². The number of halogens is 1. The minimum Gasteiger partial charge on any atom is -0.420 e. The Kier molecular flexibility index (Phi) is 5.21. The first-order valence-corrected chi connectivity index (χ1v) is 7.18. The molecule has 1 aromatic heterocycles. The van der Waals surface area contributed by atoms with Crippen LogP contribution in [0.15, 0.2) is 28.7 Å². The van der Waals surface area contributed by atoms with E-state index in [9.17, 15) is 5.11 Å². The van der Waals surface area contributed by atoms with Gasteiger partial charge in [0.15, 0.2) is 0 Å². The minimum absolute atomic E-state index is 0.248. The van der Waals surface area contributed by atoms with Gasteiger partial charge in [0.25, 0.3) is 0 Å². The van der Waals surface area contributed by atoms with Crippen LogP contribution in [0.4, 0.5) is 0 Å². The number of hydrogen-bond donors (Lipinski definition) is 2. The van der Waals surface area contributed by atoms with E-state index in [2.05, 4.69) is 10.2 Å². The molecule has 0 aliphatic heterocycles. The predicted octanol–water partition coefficient (Wildman–Crippen LogP) is 1.98. The summed E-state index contributed by atoms with van der Waals surface area (Å²) in [5.74, 6) is 1.74. The van der Waals surface area contributed by atoms with Crippen LogP contribution in [0.3, 0.4) is 0 Å². The van der Waals surface area contributed by atoms with E-state index in [1.807, 2.05) is 18.2 Å². The number of aliphatic hydroxyl groups is 2. The molecule has 7 heteroatoms. The summed E-state index contributed by atoms with van der Waals surface area (Å²) in [6.07, 6.45) is -0.726. The first-order chi connectivity index (χ1) is 9.20. The maximum absolute atomic E-state index is 9.20. The first kappa shape index (κ1) is 14.3. The Labute approximate surface area is 119 Å². The fourth-order valence-corrected chi connectivity index (χ4v) is 2.39. The van der Waals surface area contributed by atoms with Crippen molar-refractivity contribution in [2.75, 3.05) is 12.4 Å². The van der Waals surface area contributed by atoms with Gasteiger partial charge in [-0.05, 0) is 12.1 Å². The van der Waals surface area contributed by atoms with Crippen LogP contribution in [-0.4, -0.2) is 38.9 Å². The maximum atomic E-state index is 9.20. The van der Waals surface area contributed by atoms with Gasteiger partial charge in [0.1, 0.15) is 0 Å². The molecule has 0 spiro atoms. The zero-order valence-electron chi connectivity index (χ0n) is 9.99. The second-order valence-electron chi connectivity index (χ2n) is 3.83. The Hall–Kier alpha value is -1.08. The monoisotopic (exact) mass is 300 g/mol. The van der Waals surface area contributed by atoms with Gasteiger partial charge in [-0.1, -0.05) is 23.7 Å². The summed E-state index contributed by atoms with van der Waals surface area (Å²) in [7, 11) is 0. The maximum Gasteiger partial charge on any atom is 0.249 e. The van der Waals surface area contributed by atoms with Crippen molar-refractivity contribution in [1.82, 2.24) is 10.2 Å². The molecule has 1 heterocycles. The number of benzene rings is 1. The van der Waals surface area contributed by atoms with Crippen LogP contribution < -0.4 is 0 Å². The van der Waals surface area contributed by atoms with E-state index in [4.69, 9.17) is 21.1 Å². The molecule has 0 amide bonds. The lowest BCUT2D eigenvalue weighted by atomic mass is 10.2. The summed E-state index contributed by atoms with van der Waals surface area (Å²) in [6, 6.07) is 7.24. The van der Waals surface area contributed by atoms with Crippen molar-refractivity contribution >= 4 is 23.4 Å². The number of hydrogen-bond acceptors (Lipinski definition) is 6. The number of aliphatic hydroxyl groups excluding tert-OH is 2. The Balaban J connectivity index is 1.98. The molecule has 1 aromatic carbocycles. The van der Waals surface area contributed by atoms with E-state index in [-0.39, 0.29) is 6.61 Å². The van der Waals surface area contributed by atoms with Crippen molar-refractivity contribution in [3.05, 3.63) is 35.2 Å². The number of rotatable bonds is 6. The molecule has 1 atom stereocenters. The van der Waals surface area contributed by atoms with Crippen LogP contribution in [0.1, 0.15) is 5.89 Å². The Morgan fingerprint density at radius 2 is 2.11 bits per heavy atom. The van der Waals surface area contributed by atoms with Gasteiger partial charge in [0.2, 0.25) is 11.8 Å². The topological polar surface area (TPSA) is 79.4 Å². The fourth-order valence-electron chi connectivity index (χ4n) is 1.39. The molecule has 0 saturated heterocycles. The van der Waals surface area contributed by atoms with Crippen LogP contribution in [0.2, 0.25) is 5.02 Å². The second-order valence-corrected chi connectivity index (χ2v) is 5.27. The van der Waals surface area contributed by atoms with Gasteiger partial charge in [-0.2, -0.15) is 0 Å². The molecular formula is C12H13ClN2O3S. The van der Waals surface area contributed by atoms with Crippen molar-refractivity contribution in [2.45, 2.75) is 11.9 Å². The molecule has 102 valence electrons. The molecule has 19 heavy (non-hydrogen) atoms. The molecule has 0 fully saturated rings. The third kappa shape index (κ3) is 3.94. The van der Waals surface area contributed by atoms with E-state index >= 15 is 0 Å². The normalized spacial score (nSPS) is 12.6. The second kappa shape index (κ2) is 6.91. The molecular weight excluding hydrogens is 288 g/mol. The number of nitrogens with zero attached hydrogens (tertiary/aromatic N) is 2. The average molecular weight is 301 g/mol. The lowest BCUT2D eigenvalue weighted by Crippen LogP contribution is -2.14. The quantitative estimate of drug-likeness (QED) is 0.849. The van der Waals surface area contributed by atoms with E-state index in [0.29, 0.717) is 33.9 Å². The molecule has 0 aliphatic rings. The lowest BCUT2D eigenvalue weighted by Gasteiger charge is -2.03. The third-order valence-electron chi connectivity index (χ3n) is 2.32. The van der Waals surface area contributed by atoms with E-state index in [1.165, 1.54) is 11.8 Å². The van der Waals surface area contributed by atoms with Gasteiger partial charge in [0, 0.05) is 5.75 Å². The van der Waals surface area contributed by atoms with Crippen molar-refractivity contribution in [3.63, 3.8) is 0 Å². The van der Waals surface area contributed by atoms with E-state index in [1.54, 1.807) is 6.07 Å². The molecule has 0 radical (unpaired) electrons. The zero-order valence-corrected chi connectivity index (χ0v) is 11.6. The van der Waals surface area contributed by atoms with Crippen LogP contribution in [-0.2, 0) is 5.75 Å². The largest absolute Gasteiger partial charge is 0.420 e. The Morgan fingerprint density at radius 1 is 1.32 bits per heavy atom. The van der Waals surface area contributed by atoms with Crippen molar-refractivity contribution in [2.24, 2.45) is 0 Å². The SMILES string of the molecule is OCC(O)CSCc1nnc(-c2ccccc2Cl)o1. The lowest BCUT2D eigenvalue weighted by molar-refractivity contribution is 0.113. The van der Waals surface area contributed by atoms with Crippen LogP contribution >= 0.6 is 23.4 Å². The van der Waals surface area contributed by atoms with Gasteiger partial charge < -0.3 is 14.6 Å². The highest BCUT2D eigenvalue weighted by atomic mass is 35.5. The molecule has 2 N–H and O–H groups in total. The van der Waals surface area contributed by atoms with Gasteiger partial charge in [0.05, 0.1) is 29.0 Å². The van der Waals surface area contributed by atoms with Crippen molar-refractivity contribution in [3.8, 4) is 11.5 Å². The van der Waals surface area contributed by atoms with Gasteiger partial charge >= 0.3 is 0 Å². The highest BCUT2D eigenvalue weighted by molar-refractivity contribution is 7.98. The molecule has 1 unspecified atom stereocenters. The standard InChI is InChI=1S/C12H13ClN2O3S/c13-10-4-2-1-3-9(10)12-15-14-11(18-12)7-19-6-8(17)5-16/h1-4,8,16-17H,5-7H2. The number of thioether (sulfide) groups is 1. The van der Waals surface area contributed by atoms with Gasteiger partial charge in [-0.25, -0.2) is 0 Å². The Bertz CT molecular complexity index is 535. The number of aromatic nitrogens is 2. The predicted molar refractivity (Wildman–Crippen MR) is 74.0 cm³/mol. The average Bonchev–Trinajstić information content (AvgIpc) is 2.87. The Morgan fingerprint density at radius 3 is 2.84 bits per heavy atom. The van der Waals surface area contributed by atoms with Crippen molar-refractivity contribution in [1.29, 1.82) is 0 Å². The minimum atomic E-state index is -0.726. The van der Waals surface area contributed by atoms with Crippen LogP contribution in [0.25, 0.3) is 11.5 Å². The molecule has 2 rings (SSSR count). The summed E-state index contributed by atoms with van der Waals surface area (Å²) in [6.45, 7) is -0.248. The summed E-state index contributed by atoms with van der Waals surface area (Å²) in [5.41, 5.74) is 0.698. The summed E-state index contributed by atoms with van der Waals surface area (Å²) in [5, 5.41) is 26.3. The molecule has 0 saturated carbocycles. The molecule has 0 bridgehead atoms.